The lowest BCUT2D eigenvalue weighted by Gasteiger charge is -2.34. The van der Waals surface area contributed by atoms with Crippen molar-refractivity contribution in [1.82, 2.24) is 15.5 Å². The van der Waals surface area contributed by atoms with Crippen LogP contribution in [0.3, 0.4) is 0 Å². The van der Waals surface area contributed by atoms with E-state index < -0.39 is 6.04 Å². The minimum atomic E-state index is -0.603. The number of benzene rings is 1. The van der Waals surface area contributed by atoms with Gasteiger partial charge in [-0.1, -0.05) is 30.3 Å². The van der Waals surface area contributed by atoms with Crippen molar-refractivity contribution >= 4 is 11.8 Å². The summed E-state index contributed by atoms with van der Waals surface area (Å²) in [5.74, 6) is 0.498. The van der Waals surface area contributed by atoms with Gasteiger partial charge >= 0.3 is 0 Å². The van der Waals surface area contributed by atoms with Crippen molar-refractivity contribution in [3.63, 3.8) is 0 Å². The minimum Gasteiger partial charge on any atom is -0.459 e. The average molecular weight is 383 g/mol. The predicted molar refractivity (Wildman–Crippen MR) is 108 cm³/mol. The first kappa shape index (κ1) is 20.1. The standard InChI is InChI=1S/C22H29N3O3/c1-23-12-9-17-10-13-25(14-11-17)22(27)19(16-18-6-3-2-4-7-18)24-21(26)20-8-5-15-28-20/h2-8,15,17,19,23H,9-14,16H2,1H3,(H,24,26). The fourth-order valence-corrected chi connectivity index (χ4v) is 3.70. The van der Waals surface area contributed by atoms with E-state index in [1.54, 1.807) is 12.1 Å². The Kier molecular flexibility index (Phi) is 7.25. The normalized spacial score (nSPS) is 16.0. The van der Waals surface area contributed by atoms with Crippen LogP contribution in [0.4, 0.5) is 0 Å². The highest BCUT2D eigenvalue weighted by molar-refractivity contribution is 5.95. The Morgan fingerprint density at radius 2 is 1.89 bits per heavy atom. The monoisotopic (exact) mass is 383 g/mol. The average Bonchev–Trinajstić information content (AvgIpc) is 3.27. The molecule has 1 fully saturated rings. The highest BCUT2D eigenvalue weighted by Gasteiger charge is 2.30. The fourth-order valence-electron chi connectivity index (χ4n) is 3.70. The Labute approximate surface area is 166 Å². The maximum Gasteiger partial charge on any atom is 0.287 e. The molecule has 0 radical (unpaired) electrons. The molecule has 6 nitrogen and oxygen atoms in total. The maximum absolute atomic E-state index is 13.2. The van der Waals surface area contributed by atoms with Gasteiger partial charge in [-0.05, 0) is 56.5 Å². The second-order valence-corrected chi connectivity index (χ2v) is 7.35. The van der Waals surface area contributed by atoms with Crippen LogP contribution < -0.4 is 10.6 Å². The van der Waals surface area contributed by atoms with Gasteiger partial charge in [-0.25, -0.2) is 0 Å². The van der Waals surface area contributed by atoms with Gasteiger partial charge < -0.3 is 20.0 Å². The molecule has 2 aromatic rings. The molecule has 6 heteroatoms. The lowest BCUT2D eigenvalue weighted by molar-refractivity contribution is -0.134. The van der Waals surface area contributed by atoms with Gasteiger partial charge in [-0.3, -0.25) is 9.59 Å². The summed E-state index contributed by atoms with van der Waals surface area (Å²) in [5.41, 5.74) is 1.02. The van der Waals surface area contributed by atoms with Crippen molar-refractivity contribution in [2.75, 3.05) is 26.7 Å². The van der Waals surface area contributed by atoms with E-state index in [1.807, 2.05) is 42.3 Å². The molecule has 2 amide bonds. The van der Waals surface area contributed by atoms with Gasteiger partial charge in [0, 0.05) is 19.5 Å². The van der Waals surface area contributed by atoms with Crippen LogP contribution >= 0.6 is 0 Å². The zero-order chi connectivity index (χ0) is 19.8. The largest absolute Gasteiger partial charge is 0.459 e. The summed E-state index contributed by atoms with van der Waals surface area (Å²) < 4.78 is 5.18. The van der Waals surface area contributed by atoms with E-state index in [-0.39, 0.29) is 17.6 Å². The first-order chi connectivity index (χ1) is 13.7. The van der Waals surface area contributed by atoms with E-state index in [9.17, 15) is 9.59 Å². The summed E-state index contributed by atoms with van der Waals surface area (Å²) in [4.78, 5) is 27.6. The van der Waals surface area contributed by atoms with E-state index in [0.29, 0.717) is 12.3 Å². The van der Waals surface area contributed by atoms with Crippen molar-refractivity contribution in [3.05, 3.63) is 60.1 Å². The first-order valence-electron chi connectivity index (χ1n) is 9.99. The van der Waals surface area contributed by atoms with Crippen molar-refractivity contribution < 1.29 is 14.0 Å². The number of hydrogen-bond donors (Lipinski definition) is 2. The van der Waals surface area contributed by atoms with Crippen LogP contribution in [0.2, 0.25) is 0 Å². The van der Waals surface area contributed by atoms with E-state index >= 15 is 0 Å². The molecule has 150 valence electrons. The molecule has 1 aliphatic rings. The maximum atomic E-state index is 13.2. The Morgan fingerprint density at radius 1 is 1.14 bits per heavy atom. The predicted octanol–water partition coefficient (Wildman–Crippen LogP) is 2.47. The molecular formula is C22H29N3O3. The summed E-state index contributed by atoms with van der Waals surface area (Å²) in [6.07, 6.45) is 5.08. The Balaban J connectivity index is 1.65. The second-order valence-electron chi connectivity index (χ2n) is 7.35. The Morgan fingerprint density at radius 3 is 2.54 bits per heavy atom. The smallest absolute Gasteiger partial charge is 0.287 e. The molecule has 1 aromatic heterocycles. The van der Waals surface area contributed by atoms with Crippen molar-refractivity contribution in [3.8, 4) is 0 Å². The lowest BCUT2D eigenvalue weighted by atomic mass is 9.93. The number of nitrogens with zero attached hydrogens (tertiary/aromatic N) is 1. The number of carbonyl (C=O) groups excluding carboxylic acids is 2. The number of likely N-dealkylation sites (tertiary alicyclic amines) is 1. The van der Waals surface area contributed by atoms with Crippen LogP contribution in [0.15, 0.2) is 53.1 Å². The molecule has 1 saturated heterocycles. The number of carbonyl (C=O) groups is 2. The summed E-state index contributed by atoms with van der Waals surface area (Å²) in [5, 5.41) is 6.07. The third-order valence-electron chi connectivity index (χ3n) is 5.36. The molecule has 0 spiro atoms. The topological polar surface area (TPSA) is 74.6 Å². The third kappa shape index (κ3) is 5.45. The summed E-state index contributed by atoms with van der Waals surface area (Å²) in [6, 6.07) is 12.4. The molecule has 0 saturated carbocycles. The molecule has 0 aliphatic carbocycles. The van der Waals surface area contributed by atoms with Gasteiger partial charge in [0.1, 0.15) is 6.04 Å². The zero-order valence-electron chi connectivity index (χ0n) is 16.4. The number of furan rings is 1. The van der Waals surface area contributed by atoms with Crippen molar-refractivity contribution in [2.24, 2.45) is 5.92 Å². The summed E-state index contributed by atoms with van der Waals surface area (Å²) in [7, 11) is 1.97. The molecule has 3 rings (SSSR count). The van der Waals surface area contributed by atoms with Gasteiger partial charge in [0.15, 0.2) is 5.76 Å². The molecule has 28 heavy (non-hydrogen) atoms. The Hall–Kier alpha value is -2.60. The number of rotatable bonds is 8. The fraction of sp³-hybridized carbons (Fsp3) is 0.455. The molecule has 1 atom stereocenters. The van der Waals surface area contributed by atoms with E-state index in [1.165, 1.54) is 6.26 Å². The van der Waals surface area contributed by atoms with Gasteiger partial charge in [-0.15, -0.1) is 0 Å². The number of amides is 2. The first-order valence-corrected chi connectivity index (χ1v) is 9.99. The number of hydrogen-bond acceptors (Lipinski definition) is 4. The summed E-state index contributed by atoms with van der Waals surface area (Å²) in [6.45, 7) is 2.50. The highest BCUT2D eigenvalue weighted by Crippen LogP contribution is 2.21. The van der Waals surface area contributed by atoms with Gasteiger partial charge in [0.2, 0.25) is 5.91 Å². The second kappa shape index (κ2) is 10.1. The van der Waals surface area contributed by atoms with Crippen LogP contribution in [-0.4, -0.2) is 49.4 Å². The van der Waals surface area contributed by atoms with Crippen LogP contribution in [0.25, 0.3) is 0 Å². The lowest BCUT2D eigenvalue weighted by Crippen LogP contribution is -2.51. The minimum absolute atomic E-state index is 0.0178. The third-order valence-corrected chi connectivity index (χ3v) is 5.36. The van der Waals surface area contributed by atoms with E-state index in [4.69, 9.17) is 4.42 Å². The number of nitrogens with one attached hydrogen (secondary N) is 2. The van der Waals surface area contributed by atoms with Gasteiger partial charge in [0.25, 0.3) is 5.91 Å². The SMILES string of the molecule is CNCCC1CCN(C(=O)C(Cc2ccccc2)NC(=O)c2ccco2)CC1. The van der Waals surface area contributed by atoms with Gasteiger partial charge in [-0.2, -0.15) is 0 Å². The van der Waals surface area contributed by atoms with Crippen LogP contribution in [0.5, 0.6) is 0 Å². The molecule has 1 aromatic carbocycles. The van der Waals surface area contributed by atoms with Crippen molar-refractivity contribution in [1.29, 1.82) is 0 Å². The van der Waals surface area contributed by atoms with Gasteiger partial charge in [0.05, 0.1) is 6.26 Å². The van der Waals surface area contributed by atoms with Crippen LogP contribution in [-0.2, 0) is 11.2 Å². The molecule has 1 unspecified atom stereocenters. The molecule has 1 aliphatic heterocycles. The number of piperidine rings is 1. The molecule has 2 heterocycles. The Bertz CT molecular complexity index is 738. The molecule has 2 N–H and O–H groups in total. The van der Waals surface area contributed by atoms with Crippen LogP contribution in [0, 0.1) is 5.92 Å². The molecule has 0 bridgehead atoms. The van der Waals surface area contributed by atoms with E-state index in [0.717, 1.165) is 44.5 Å². The highest BCUT2D eigenvalue weighted by atomic mass is 16.3. The quantitative estimate of drug-likeness (QED) is 0.734. The summed E-state index contributed by atoms with van der Waals surface area (Å²) >= 11 is 0. The van der Waals surface area contributed by atoms with E-state index in [2.05, 4.69) is 10.6 Å². The molecular weight excluding hydrogens is 354 g/mol. The van der Waals surface area contributed by atoms with Crippen LogP contribution in [0.1, 0.15) is 35.4 Å². The van der Waals surface area contributed by atoms with Crippen molar-refractivity contribution in [2.45, 2.75) is 31.7 Å². The zero-order valence-corrected chi connectivity index (χ0v) is 16.4.